The van der Waals surface area contributed by atoms with Crippen molar-refractivity contribution < 1.29 is 33.3 Å². The van der Waals surface area contributed by atoms with Crippen molar-refractivity contribution in [3.8, 4) is 11.1 Å². The molecule has 6 rings (SSSR count). The number of hydrogen-bond donors (Lipinski definition) is 4. The van der Waals surface area contributed by atoms with Gasteiger partial charge in [-0.2, -0.15) is 5.10 Å². The standard InChI is InChI=1S/C27H32N10O.ClH.HI/c1-3-35-21-6-5-17(18-14-32-37(16-18)19-7-10-29-11-8-19)13-22(21)36(4-2)23(35)15-31-27(38)24-25(28)34-26-20(33-24)9-12-30-26;;/h5-6,9,12-14,16,19,29H,3-4,7-8,10-11,15H2,1-2H3,(H3-,28,30,31,33,34,38);2*1H. The minimum atomic E-state index is -0.348. The van der Waals surface area contributed by atoms with Gasteiger partial charge in [0.15, 0.2) is 28.2 Å². The normalized spacial score (nSPS) is 13.8. The van der Waals surface area contributed by atoms with Crippen LogP contribution in [0.1, 0.15) is 49.0 Å². The largest absolute Gasteiger partial charge is 1.00 e. The van der Waals surface area contributed by atoms with Gasteiger partial charge >= 0.3 is 0 Å². The van der Waals surface area contributed by atoms with Gasteiger partial charge in [0.2, 0.25) is 0 Å². The molecule has 1 aliphatic rings. The number of carbonyl (C=O) groups excluding carboxylic acids is 1. The van der Waals surface area contributed by atoms with E-state index in [4.69, 9.17) is 5.73 Å². The Morgan fingerprint density at radius 2 is 1.98 bits per heavy atom. The van der Waals surface area contributed by atoms with Crippen LogP contribution in [0.2, 0.25) is 0 Å². The number of nitrogens with two attached hydrogens (primary N) is 1. The lowest BCUT2D eigenvalue weighted by molar-refractivity contribution is -0.676. The highest BCUT2D eigenvalue weighted by Gasteiger charge is 2.25. The van der Waals surface area contributed by atoms with E-state index in [1.54, 1.807) is 12.3 Å². The van der Waals surface area contributed by atoms with Crippen LogP contribution in [0.5, 0.6) is 0 Å². The summed E-state index contributed by atoms with van der Waals surface area (Å²) in [4.78, 5) is 24.7. The topological polar surface area (TPSA) is 135 Å². The Morgan fingerprint density at radius 1 is 1.18 bits per heavy atom. The van der Waals surface area contributed by atoms with Crippen molar-refractivity contribution in [1.29, 1.82) is 0 Å². The molecular weight excluding hydrogens is 643 g/mol. The van der Waals surface area contributed by atoms with Gasteiger partial charge in [-0.1, -0.05) is 0 Å². The molecule has 4 aromatic heterocycles. The zero-order valence-corrected chi connectivity index (χ0v) is 25.5. The summed E-state index contributed by atoms with van der Waals surface area (Å²) in [5.41, 5.74) is 11.8. The number of aromatic amines is 1. The van der Waals surface area contributed by atoms with Gasteiger partial charge < -0.3 is 45.3 Å². The van der Waals surface area contributed by atoms with E-state index in [1.807, 2.05) is 6.20 Å². The molecule has 5 N–H and O–H groups in total. The summed E-state index contributed by atoms with van der Waals surface area (Å²) in [6.45, 7) is 8.19. The minimum Gasteiger partial charge on any atom is -1.00 e. The number of H-pyrrole nitrogens is 1. The molecule has 1 saturated heterocycles. The Hall–Kier alpha value is -3.23. The molecule has 40 heavy (non-hydrogen) atoms. The van der Waals surface area contributed by atoms with Gasteiger partial charge in [-0.25, -0.2) is 19.1 Å². The summed E-state index contributed by atoms with van der Waals surface area (Å²) < 4.78 is 6.61. The number of nitrogen functional groups attached to an aromatic ring is 1. The number of fused-ring (bicyclic) bond motifs is 2. The first-order valence-electron chi connectivity index (χ1n) is 13.3. The highest BCUT2D eigenvalue weighted by Crippen LogP contribution is 2.27. The van der Waals surface area contributed by atoms with E-state index in [9.17, 15) is 4.79 Å². The summed E-state index contributed by atoms with van der Waals surface area (Å²) in [5, 5.41) is 11.1. The van der Waals surface area contributed by atoms with E-state index in [-0.39, 0.29) is 53.8 Å². The number of benzene rings is 1. The van der Waals surface area contributed by atoms with Crippen LogP contribution >= 0.6 is 12.4 Å². The third kappa shape index (κ3) is 5.39. The molecule has 0 unspecified atom stereocenters. The quantitative estimate of drug-likeness (QED) is 0.141. The summed E-state index contributed by atoms with van der Waals surface area (Å²) >= 11 is 0. The summed E-state index contributed by atoms with van der Waals surface area (Å²) in [7, 11) is 0. The Kier molecular flexibility index (Phi) is 9.31. The second-order valence-electron chi connectivity index (χ2n) is 9.65. The maximum Gasteiger partial charge on any atom is 0.277 e. The number of rotatable bonds is 7. The van der Waals surface area contributed by atoms with Crippen LogP contribution in [0.4, 0.5) is 5.82 Å². The minimum absolute atomic E-state index is 0. The molecule has 0 spiro atoms. The number of nitrogens with one attached hydrogen (secondary N) is 3. The summed E-state index contributed by atoms with van der Waals surface area (Å²) in [6.07, 6.45) is 8.05. The van der Waals surface area contributed by atoms with Gasteiger partial charge in [-0.3, -0.25) is 9.48 Å². The van der Waals surface area contributed by atoms with E-state index in [0.717, 1.165) is 67.0 Å². The van der Waals surface area contributed by atoms with Crippen molar-refractivity contribution >= 4 is 46.3 Å². The van der Waals surface area contributed by atoms with E-state index in [1.165, 1.54) is 0 Å². The maximum absolute atomic E-state index is 13.1. The number of imidazole rings is 1. The van der Waals surface area contributed by atoms with Gasteiger partial charge in [-0.05, 0) is 69.6 Å². The maximum atomic E-state index is 13.1. The Bertz CT molecular complexity index is 1640. The van der Waals surface area contributed by atoms with Gasteiger partial charge in [-0.15, -0.1) is 12.4 Å². The zero-order chi connectivity index (χ0) is 26.2. The second-order valence-corrected chi connectivity index (χ2v) is 9.65. The van der Waals surface area contributed by atoms with E-state index >= 15 is 0 Å². The molecule has 0 bridgehead atoms. The molecule has 1 aliphatic heterocycles. The van der Waals surface area contributed by atoms with Crippen LogP contribution in [-0.4, -0.2) is 48.3 Å². The van der Waals surface area contributed by atoms with E-state index in [2.05, 4.69) is 82.7 Å². The van der Waals surface area contributed by atoms with Crippen molar-refractivity contribution in [3.63, 3.8) is 0 Å². The van der Waals surface area contributed by atoms with Crippen LogP contribution < -0.4 is 44.9 Å². The van der Waals surface area contributed by atoms with Crippen molar-refractivity contribution in [1.82, 2.24) is 39.9 Å². The first kappa shape index (κ1) is 29.7. The van der Waals surface area contributed by atoms with Crippen molar-refractivity contribution in [2.75, 3.05) is 18.8 Å². The van der Waals surface area contributed by atoms with Gasteiger partial charge in [0.25, 0.3) is 11.7 Å². The second kappa shape index (κ2) is 12.5. The first-order valence-corrected chi connectivity index (χ1v) is 13.3. The molecule has 1 amide bonds. The smallest absolute Gasteiger partial charge is 0.277 e. The van der Waals surface area contributed by atoms with Crippen LogP contribution in [0.3, 0.4) is 0 Å². The molecule has 212 valence electrons. The lowest BCUT2D eigenvalue weighted by atomic mass is 10.1. The molecule has 1 fully saturated rings. The third-order valence-electron chi connectivity index (χ3n) is 7.46. The molecule has 0 radical (unpaired) electrons. The van der Waals surface area contributed by atoms with Crippen molar-refractivity contribution in [2.24, 2.45) is 0 Å². The lowest BCUT2D eigenvalue weighted by Crippen LogP contribution is -3.00. The molecule has 0 aliphatic carbocycles. The number of aryl methyl sites for hydroxylation is 2. The Morgan fingerprint density at radius 3 is 2.73 bits per heavy atom. The number of amides is 1. The van der Waals surface area contributed by atoms with Crippen LogP contribution in [0.15, 0.2) is 42.9 Å². The summed E-state index contributed by atoms with van der Waals surface area (Å²) in [5.74, 6) is 0.765. The lowest BCUT2D eigenvalue weighted by Gasteiger charge is -2.22. The predicted octanol–water partition coefficient (Wildman–Crippen LogP) is -0.0341. The molecule has 5 heterocycles. The average Bonchev–Trinajstić information content (AvgIpc) is 3.68. The zero-order valence-electron chi connectivity index (χ0n) is 22.5. The fourth-order valence-corrected chi connectivity index (χ4v) is 5.52. The van der Waals surface area contributed by atoms with Crippen LogP contribution in [0.25, 0.3) is 33.3 Å². The number of hydrogen-bond acceptors (Lipinski definition) is 6. The summed E-state index contributed by atoms with van der Waals surface area (Å²) in [6, 6.07) is 8.76. The van der Waals surface area contributed by atoms with Crippen molar-refractivity contribution in [3.05, 3.63) is 54.4 Å². The predicted molar refractivity (Wildman–Crippen MR) is 153 cm³/mol. The molecule has 5 aromatic rings. The molecular formula is C27H34ClIN10O. The fraction of sp³-hybridized carbons (Fsp3) is 0.370. The molecule has 1 aromatic carbocycles. The SMILES string of the molecule is CCn1c(CNC(=O)c2nc3cc[nH]c3nc2N)[n+](CC)c2ccc(-c3cnn(C4CCNCC4)c3)cc21.Cl.[I-]. The molecule has 13 heteroatoms. The Labute approximate surface area is 255 Å². The van der Waals surface area contributed by atoms with Crippen LogP contribution in [-0.2, 0) is 19.6 Å². The van der Waals surface area contributed by atoms with E-state index in [0.29, 0.717) is 23.8 Å². The number of nitrogens with zero attached hydrogens (tertiary/aromatic N) is 6. The molecule has 0 saturated carbocycles. The number of anilines is 1. The highest BCUT2D eigenvalue weighted by molar-refractivity contribution is 5.98. The first-order chi connectivity index (χ1) is 18.6. The average molecular weight is 677 g/mol. The van der Waals surface area contributed by atoms with Gasteiger partial charge in [0.05, 0.1) is 25.3 Å². The number of halogens is 2. The fourth-order valence-electron chi connectivity index (χ4n) is 5.52. The van der Waals surface area contributed by atoms with E-state index < -0.39 is 0 Å². The third-order valence-corrected chi connectivity index (χ3v) is 7.46. The van der Waals surface area contributed by atoms with Gasteiger partial charge in [0.1, 0.15) is 12.1 Å². The monoisotopic (exact) mass is 676 g/mol. The Balaban J connectivity index is 0.00000185. The highest BCUT2D eigenvalue weighted by atomic mass is 127. The number of aromatic nitrogens is 7. The number of piperidine rings is 1. The van der Waals surface area contributed by atoms with Crippen LogP contribution in [0, 0.1) is 0 Å². The molecule has 11 nitrogen and oxygen atoms in total. The number of carbonyl (C=O) groups is 1. The molecule has 0 atom stereocenters. The van der Waals surface area contributed by atoms with Gasteiger partial charge in [0, 0.05) is 18.0 Å². The van der Waals surface area contributed by atoms with Crippen molar-refractivity contribution in [2.45, 2.75) is 52.4 Å².